The molecule has 0 aliphatic rings. The quantitative estimate of drug-likeness (QED) is 0.928. The van der Waals surface area contributed by atoms with Crippen LogP contribution in [0.25, 0.3) is 11.1 Å². The summed E-state index contributed by atoms with van der Waals surface area (Å²) >= 11 is 0.931. The summed E-state index contributed by atoms with van der Waals surface area (Å²) in [7, 11) is -3.86. The van der Waals surface area contributed by atoms with Crippen LogP contribution in [0.3, 0.4) is 0 Å². The zero-order valence-electron chi connectivity index (χ0n) is 8.25. The molecular weight excluding hydrogens is 272 g/mol. The number of nitrogens with zero attached hydrogens (tertiary/aromatic N) is 2. The topological polar surface area (TPSA) is 78.0 Å². The highest BCUT2D eigenvalue weighted by Crippen LogP contribution is 2.31. The van der Waals surface area contributed by atoms with Gasteiger partial charge in [-0.3, -0.25) is 0 Å². The number of sulfonamides is 1. The Morgan fingerprint density at radius 3 is 2.71 bits per heavy atom. The maximum atomic E-state index is 12.3. The van der Waals surface area contributed by atoms with Crippen molar-refractivity contribution in [1.29, 1.82) is 0 Å². The van der Waals surface area contributed by atoms with Gasteiger partial charge in [-0.05, 0) is 11.4 Å². The van der Waals surface area contributed by atoms with Gasteiger partial charge in [-0.1, -0.05) is 0 Å². The molecule has 0 amide bonds. The first-order valence-corrected chi connectivity index (χ1v) is 6.75. The van der Waals surface area contributed by atoms with Gasteiger partial charge in [0.2, 0.25) is 10.0 Å². The number of hydrogen-bond donors (Lipinski definition) is 1. The van der Waals surface area contributed by atoms with Crippen LogP contribution in [0.1, 0.15) is 6.55 Å². The van der Waals surface area contributed by atoms with Crippen LogP contribution < -0.4 is 5.14 Å². The summed E-state index contributed by atoms with van der Waals surface area (Å²) in [4.78, 5) is 0. The summed E-state index contributed by atoms with van der Waals surface area (Å²) in [6.45, 7) is -2.76. The Morgan fingerprint density at radius 1 is 1.47 bits per heavy atom. The summed E-state index contributed by atoms with van der Waals surface area (Å²) in [6, 6.07) is 1.50. The van der Waals surface area contributed by atoms with Gasteiger partial charge >= 0.3 is 6.55 Å². The van der Waals surface area contributed by atoms with Gasteiger partial charge in [0.15, 0.2) is 0 Å². The van der Waals surface area contributed by atoms with Crippen molar-refractivity contribution in [2.75, 3.05) is 0 Å². The molecule has 0 bridgehead atoms. The number of alkyl halides is 2. The molecule has 0 saturated heterocycles. The van der Waals surface area contributed by atoms with E-state index in [2.05, 4.69) is 5.10 Å². The number of primary sulfonamides is 1. The predicted octanol–water partition coefficient (Wildman–Crippen LogP) is 1.65. The van der Waals surface area contributed by atoms with E-state index < -0.39 is 16.6 Å². The molecular formula is C8H7F2N3O2S2. The fraction of sp³-hybridized carbons (Fsp3) is 0.125. The van der Waals surface area contributed by atoms with Crippen LogP contribution in [0, 0.1) is 0 Å². The van der Waals surface area contributed by atoms with E-state index in [1.807, 2.05) is 0 Å². The van der Waals surface area contributed by atoms with Crippen LogP contribution in [0.15, 0.2) is 28.0 Å². The van der Waals surface area contributed by atoms with Crippen molar-refractivity contribution in [2.45, 2.75) is 10.8 Å². The van der Waals surface area contributed by atoms with Crippen LogP contribution in [0.4, 0.5) is 8.78 Å². The molecule has 0 aliphatic carbocycles. The number of rotatable bonds is 3. The molecule has 2 rings (SSSR count). The molecule has 0 atom stereocenters. The second-order valence-electron chi connectivity index (χ2n) is 3.15. The average molecular weight is 279 g/mol. The van der Waals surface area contributed by atoms with Gasteiger partial charge in [0, 0.05) is 17.3 Å². The summed E-state index contributed by atoms with van der Waals surface area (Å²) in [5.41, 5.74) is 0.569. The Labute approximate surface area is 99.5 Å². The Hall–Kier alpha value is -1.32. The molecule has 0 radical (unpaired) electrons. The van der Waals surface area contributed by atoms with Crippen LogP contribution in [-0.4, -0.2) is 18.2 Å². The molecule has 2 heterocycles. The summed E-state index contributed by atoms with van der Waals surface area (Å²) in [5.74, 6) is 0. The molecule has 0 aromatic carbocycles. The van der Waals surface area contributed by atoms with Crippen molar-refractivity contribution < 1.29 is 17.2 Å². The highest BCUT2D eigenvalue weighted by molar-refractivity contribution is 7.91. The third-order valence-electron chi connectivity index (χ3n) is 2.00. The molecule has 2 aromatic rings. The summed E-state index contributed by atoms with van der Waals surface area (Å²) in [5, 5.41) is 9.97. The van der Waals surface area contributed by atoms with Crippen molar-refractivity contribution in [3.63, 3.8) is 0 Å². The number of thiophene rings is 1. The lowest BCUT2D eigenvalue weighted by molar-refractivity contribution is 0.0566. The molecule has 92 valence electrons. The van der Waals surface area contributed by atoms with Crippen LogP contribution >= 0.6 is 11.3 Å². The molecule has 0 unspecified atom stereocenters. The average Bonchev–Trinajstić information content (AvgIpc) is 2.85. The fourth-order valence-corrected chi connectivity index (χ4v) is 3.15. The monoisotopic (exact) mass is 279 g/mol. The maximum absolute atomic E-state index is 12.3. The molecule has 5 nitrogen and oxygen atoms in total. The van der Waals surface area contributed by atoms with Gasteiger partial charge < -0.3 is 0 Å². The third-order valence-corrected chi connectivity index (χ3v) is 4.43. The van der Waals surface area contributed by atoms with Gasteiger partial charge in [-0.25, -0.2) is 18.2 Å². The lowest BCUT2D eigenvalue weighted by Gasteiger charge is -1.98. The van der Waals surface area contributed by atoms with E-state index in [1.165, 1.54) is 17.6 Å². The molecule has 2 aromatic heterocycles. The van der Waals surface area contributed by atoms with Gasteiger partial charge in [0.25, 0.3) is 0 Å². The smallest absolute Gasteiger partial charge is 0.224 e. The summed E-state index contributed by atoms with van der Waals surface area (Å²) in [6.07, 6.45) is 2.24. The first-order valence-electron chi connectivity index (χ1n) is 4.32. The molecule has 0 spiro atoms. The van der Waals surface area contributed by atoms with E-state index in [0.29, 0.717) is 4.68 Å². The second kappa shape index (κ2) is 4.17. The summed E-state index contributed by atoms with van der Waals surface area (Å²) < 4.78 is 47.5. The van der Waals surface area contributed by atoms with Crippen LogP contribution in [0.5, 0.6) is 0 Å². The molecule has 9 heteroatoms. The SMILES string of the molecule is NS(=O)(=O)c1sccc1-c1cnn(C(F)F)c1. The van der Waals surface area contributed by atoms with Crippen molar-refractivity contribution in [1.82, 2.24) is 9.78 Å². The third kappa shape index (κ3) is 2.35. The van der Waals surface area contributed by atoms with Gasteiger partial charge in [-0.15, -0.1) is 11.3 Å². The minimum absolute atomic E-state index is 0.0636. The van der Waals surface area contributed by atoms with E-state index in [1.54, 1.807) is 0 Å². The van der Waals surface area contributed by atoms with Crippen molar-refractivity contribution in [3.8, 4) is 11.1 Å². The zero-order valence-corrected chi connectivity index (χ0v) is 9.88. The number of hydrogen-bond acceptors (Lipinski definition) is 4. The molecule has 2 N–H and O–H groups in total. The Kier molecular flexibility index (Phi) is 2.98. The van der Waals surface area contributed by atoms with E-state index >= 15 is 0 Å². The minimum atomic E-state index is -3.86. The van der Waals surface area contributed by atoms with Gasteiger partial charge in [-0.2, -0.15) is 13.9 Å². The molecule has 0 aliphatic heterocycles. The lowest BCUT2D eigenvalue weighted by Crippen LogP contribution is -2.11. The van der Waals surface area contributed by atoms with Crippen molar-refractivity contribution in [3.05, 3.63) is 23.8 Å². The maximum Gasteiger partial charge on any atom is 0.333 e. The van der Waals surface area contributed by atoms with Crippen LogP contribution in [-0.2, 0) is 10.0 Å². The van der Waals surface area contributed by atoms with Crippen LogP contribution in [0.2, 0.25) is 0 Å². The van der Waals surface area contributed by atoms with Crippen molar-refractivity contribution >= 4 is 21.4 Å². The first-order chi connectivity index (χ1) is 7.89. The largest absolute Gasteiger partial charge is 0.333 e. The lowest BCUT2D eigenvalue weighted by atomic mass is 10.2. The fourth-order valence-electron chi connectivity index (χ4n) is 1.31. The molecule has 0 fully saturated rings. The highest BCUT2D eigenvalue weighted by Gasteiger charge is 2.18. The van der Waals surface area contributed by atoms with Crippen molar-refractivity contribution in [2.24, 2.45) is 5.14 Å². The standard InChI is InChI=1S/C8H7F2N3O2S2/c9-8(10)13-4-5(3-12-13)6-1-2-16-7(6)17(11,14)15/h1-4,8H,(H2,11,14,15). The van der Waals surface area contributed by atoms with E-state index in [4.69, 9.17) is 5.14 Å². The number of nitrogens with two attached hydrogens (primary N) is 1. The first kappa shape index (κ1) is 12.1. The van der Waals surface area contributed by atoms with E-state index in [9.17, 15) is 17.2 Å². The minimum Gasteiger partial charge on any atom is -0.224 e. The number of aromatic nitrogens is 2. The normalized spacial score (nSPS) is 12.2. The Morgan fingerprint density at radius 2 is 2.18 bits per heavy atom. The Bertz CT molecular complexity index is 633. The highest BCUT2D eigenvalue weighted by atomic mass is 32.2. The van der Waals surface area contributed by atoms with E-state index in [0.717, 1.165) is 17.5 Å². The Balaban J connectivity index is 2.50. The molecule has 17 heavy (non-hydrogen) atoms. The number of halogens is 2. The zero-order chi connectivity index (χ0) is 12.6. The van der Waals surface area contributed by atoms with E-state index in [-0.39, 0.29) is 15.3 Å². The van der Waals surface area contributed by atoms with Gasteiger partial charge in [0.05, 0.1) is 6.20 Å². The predicted molar refractivity (Wildman–Crippen MR) is 58.2 cm³/mol. The van der Waals surface area contributed by atoms with Gasteiger partial charge in [0.1, 0.15) is 4.21 Å². The second-order valence-corrected chi connectivity index (χ2v) is 5.83. The molecule has 0 saturated carbocycles.